The van der Waals surface area contributed by atoms with Gasteiger partial charge in [-0.25, -0.2) is 0 Å². The van der Waals surface area contributed by atoms with Gasteiger partial charge in [0.2, 0.25) is 5.91 Å². The Morgan fingerprint density at radius 3 is 2.50 bits per heavy atom. The lowest BCUT2D eigenvalue weighted by atomic mass is 9.81. The van der Waals surface area contributed by atoms with Crippen LogP contribution in [0.3, 0.4) is 0 Å². The van der Waals surface area contributed by atoms with Crippen LogP contribution in [-0.2, 0) is 11.3 Å². The minimum absolute atomic E-state index is 0.115. The Labute approximate surface area is 154 Å². The maximum atomic E-state index is 12.6. The Kier molecular flexibility index (Phi) is 6.86. The first-order valence-corrected chi connectivity index (χ1v) is 8.84. The van der Waals surface area contributed by atoms with Crippen LogP contribution in [0.2, 0.25) is 0 Å². The zero-order valence-electron chi connectivity index (χ0n) is 15.3. The Hall–Kier alpha value is -2.73. The Balaban J connectivity index is 2.05. The fourth-order valence-corrected chi connectivity index (χ4v) is 2.73. The lowest BCUT2D eigenvalue weighted by Gasteiger charge is -2.28. The summed E-state index contributed by atoms with van der Waals surface area (Å²) in [5, 5.41) is 5.72. The van der Waals surface area contributed by atoms with E-state index in [9.17, 15) is 9.59 Å². The SMILES string of the molecule is CCC(CC)(CN)C(=O)Nc1cccc(C(=O)NCc2ccccn2)c1. The van der Waals surface area contributed by atoms with E-state index in [4.69, 9.17) is 5.73 Å². The summed E-state index contributed by atoms with van der Waals surface area (Å²) in [6, 6.07) is 12.4. The normalized spacial score (nSPS) is 11.0. The molecule has 0 aliphatic heterocycles. The van der Waals surface area contributed by atoms with Gasteiger partial charge in [0.05, 0.1) is 17.7 Å². The molecule has 1 heterocycles. The van der Waals surface area contributed by atoms with Crippen LogP contribution in [0, 0.1) is 5.41 Å². The van der Waals surface area contributed by atoms with Gasteiger partial charge in [-0.3, -0.25) is 14.6 Å². The topological polar surface area (TPSA) is 97.1 Å². The molecular formula is C20H26N4O2. The van der Waals surface area contributed by atoms with Crippen LogP contribution >= 0.6 is 0 Å². The predicted octanol–water partition coefficient (Wildman–Crippen LogP) is 2.72. The van der Waals surface area contributed by atoms with Gasteiger partial charge in [-0.05, 0) is 43.2 Å². The highest BCUT2D eigenvalue weighted by Crippen LogP contribution is 2.27. The van der Waals surface area contributed by atoms with Gasteiger partial charge in [-0.2, -0.15) is 0 Å². The van der Waals surface area contributed by atoms with Crippen molar-refractivity contribution >= 4 is 17.5 Å². The molecule has 2 rings (SSSR count). The number of aromatic nitrogens is 1. The molecule has 1 aromatic carbocycles. The number of nitrogens with two attached hydrogens (primary N) is 1. The van der Waals surface area contributed by atoms with Crippen molar-refractivity contribution in [3.8, 4) is 0 Å². The molecule has 0 saturated carbocycles. The molecule has 0 bridgehead atoms. The van der Waals surface area contributed by atoms with Crippen LogP contribution in [0.15, 0.2) is 48.7 Å². The van der Waals surface area contributed by atoms with Gasteiger partial charge in [-0.1, -0.05) is 26.0 Å². The van der Waals surface area contributed by atoms with E-state index >= 15 is 0 Å². The molecule has 1 aromatic heterocycles. The van der Waals surface area contributed by atoms with E-state index in [0.29, 0.717) is 30.6 Å². The molecule has 0 saturated heterocycles. The van der Waals surface area contributed by atoms with Crippen molar-refractivity contribution in [1.29, 1.82) is 0 Å². The predicted molar refractivity (Wildman–Crippen MR) is 103 cm³/mol. The van der Waals surface area contributed by atoms with Crippen molar-refractivity contribution in [2.45, 2.75) is 33.2 Å². The number of pyridine rings is 1. The van der Waals surface area contributed by atoms with Gasteiger partial charge in [0.1, 0.15) is 0 Å². The van der Waals surface area contributed by atoms with E-state index < -0.39 is 5.41 Å². The number of carbonyl (C=O) groups is 2. The highest BCUT2D eigenvalue weighted by atomic mass is 16.2. The van der Waals surface area contributed by atoms with Gasteiger partial charge in [-0.15, -0.1) is 0 Å². The Morgan fingerprint density at radius 1 is 1.12 bits per heavy atom. The zero-order chi connectivity index (χ0) is 19.0. The fraction of sp³-hybridized carbons (Fsp3) is 0.350. The number of hydrogen-bond acceptors (Lipinski definition) is 4. The third-order valence-corrected chi connectivity index (χ3v) is 4.76. The van der Waals surface area contributed by atoms with Crippen LogP contribution in [0.1, 0.15) is 42.7 Å². The van der Waals surface area contributed by atoms with Crippen LogP contribution in [0.25, 0.3) is 0 Å². The highest BCUT2D eigenvalue weighted by molar-refractivity contribution is 5.98. The second-order valence-electron chi connectivity index (χ2n) is 6.23. The number of nitrogens with zero attached hydrogens (tertiary/aromatic N) is 1. The first kappa shape index (κ1) is 19.6. The van der Waals surface area contributed by atoms with E-state index in [-0.39, 0.29) is 18.4 Å². The van der Waals surface area contributed by atoms with E-state index in [1.54, 1.807) is 30.5 Å². The molecule has 6 nitrogen and oxygen atoms in total. The molecule has 0 unspecified atom stereocenters. The van der Waals surface area contributed by atoms with Crippen molar-refractivity contribution in [1.82, 2.24) is 10.3 Å². The molecule has 2 aromatic rings. The summed E-state index contributed by atoms with van der Waals surface area (Å²) in [4.78, 5) is 29.1. The van der Waals surface area contributed by atoms with Crippen molar-refractivity contribution in [3.63, 3.8) is 0 Å². The third kappa shape index (κ3) is 4.67. The van der Waals surface area contributed by atoms with Gasteiger partial charge >= 0.3 is 0 Å². The van der Waals surface area contributed by atoms with E-state index in [0.717, 1.165) is 5.69 Å². The number of hydrogen-bond donors (Lipinski definition) is 3. The standard InChI is InChI=1S/C20H26N4O2/c1-3-20(4-2,14-21)19(26)24-16-10-7-8-15(12-16)18(25)23-13-17-9-5-6-11-22-17/h5-12H,3-4,13-14,21H2,1-2H3,(H,23,25)(H,24,26). The number of rotatable bonds is 8. The molecule has 26 heavy (non-hydrogen) atoms. The molecule has 0 fully saturated rings. The molecule has 0 aliphatic carbocycles. The molecule has 0 spiro atoms. The summed E-state index contributed by atoms with van der Waals surface area (Å²) in [7, 11) is 0. The first-order valence-electron chi connectivity index (χ1n) is 8.84. The van der Waals surface area contributed by atoms with Crippen molar-refractivity contribution < 1.29 is 9.59 Å². The van der Waals surface area contributed by atoms with Crippen LogP contribution < -0.4 is 16.4 Å². The zero-order valence-corrected chi connectivity index (χ0v) is 15.3. The Bertz CT molecular complexity index is 734. The molecule has 2 amide bonds. The smallest absolute Gasteiger partial charge is 0.251 e. The molecule has 0 atom stereocenters. The fourth-order valence-electron chi connectivity index (χ4n) is 2.73. The lowest BCUT2D eigenvalue weighted by Crippen LogP contribution is -2.41. The van der Waals surface area contributed by atoms with E-state index in [1.165, 1.54) is 0 Å². The summed E-state index contributed by atoms with van der Waals surface area (Å²) in [6.07, 6.45) is 3.01. The number of amides is 2. The molecule has 4 N–H and O–H groups in total. The molecule has 138 valence electrons. The summed E-state index contributed by atoms with van der Waals surface area (Å²) in [5.41, 5.74) is 7.08. The maximum absolute atomic E-state index is 12.6. The van der Waals surface area contributed by atoms with E-state index in [1.807, 2.05) is 32.0 Å². The van der Waals surface area contributed by atoms with Gasteiger partial charge in [0.15, 0.2) is 0 Å². The second kappa shape index (κ2) is 9.10. The summed E-state index contributed by atoms with van der Waals surface area (Å²) in [6.45, 7) is 4.54. The summed E-state index contributed by atoms with van der Waals surface area (Å²) < 4.78 is 0. The minimum atomic E-state index is -0.586. The largest absolute Gasteiger partial charge is 0.346 e. The number of carbonyl (C=O) groups excluding carboxylic acids is 2. The first-order chi connectivity index (χ1) is 12.5. The summed E-state index contributed by atoms with van der Waals surface area (Å²) in [5.74, 6) is -0.334. The molecule has 6 heteroatoms. The summed E-state index contributed by atoms with van der Waals surface area (Å²) >= 11 is 0. The number of anilines is 1. The Morgan fingerprint density at radius 2 is 1.88 bits per heavy atom. The third-order valence-electron chi connectivity index (χ3n) is 4.76. The molecular weight excluding hydrogens is 328 g/mol. The lowest BCUT2D eigenvalue weighted by molar-refractivity contribution is -0.125. The van der Waals surface area contributed by atoms with Crippen LogP contribution in [0.4, 0.5) is 5.69 Å². The minimum Gasteiger partial charge on any atom is -0.346 e. The number of benzene rings is 1. The van der Waals surface area contributed by atoms with E-state index in [2.05, 4.69) is 15.6 Å². The quantitative estimate of drug-likeness (QED) is 0.679. The average molecular weight is 354 g/mol. The second-order valence-corrected chi connectivity index (χ2v) is 6.23. The van der Waals surface area contributed by atoms with Crippen LogP contribution in [0.5, 0.6) is 0 Å². The van der Waals surface area contributed by atoms with Crippen molar-refractivity contribution in [2.75, 3.05) is 11.9 Å². The maximum Gasteiger partial charge on any atom is 0.251 e. The monoisotopic (exact) mass is 354 g/mol. The molecule has 0 aliphatic rings. The van der Waals surface area contributed by atoms with Gasteiger partial charge in [0.25, 0.3) is 5.91 Å². The molecule has 0 radical (unpaired) electrons. The highest BCUT2D eigenvalue weighted by Gasteiger charge is 2.33. The van der Waals surface area contributed by atoms with Crippen molar-refractivity contribution in [2.24, 2.45) is 11.1 Å². The van der Waals surface area contributed by atoms with Gasteiger partial charge < -0.3 is 16.4 Å². The average Bonchev–Trinajstić information content (AvgIpc) is 2.69. The van der Waals surface area contributed by atoms with Crippen LogP contribution in [-0.4, -0.2) is 23.3 Å². The van der Waals surface area contributed by atoms with Gasteiger partial charge in [0, 0.05) is 24.0 Å². The number of nitrogens with one attached hydrogen (secondary N) is 2. The van der Waals surface area contributed by atoms with Crippen molar-refractivity contribution in [3.05, 3.63) is 59.9 Å².